The Morgan fingerprint density at radius 3 is 2.71 bits per heavy atom. The van der Waals surface area contributed by atoms with Crippen LogP contribution in [-0.2, 0) is 6.42 Å². The maximum Gasteiger partial charge on any atom is 0.123 e. The number of rotatable bonds is 4. The lowest BCUT2D eigenvalue weighted by Crippen LogP contribution is -2.20. The lowest BCUT2D eigenvalue weighted by molar-refractivity contribution is 0.581. The third kappa shape index (κ3) is 2.85. The van der Waals surface area contributed by atoms with E-state index in [1.807, 2.05) is 43.6 Å². The molecule has 0 spiro atoms. The van der Waals surface area contributed by atoms with Gasteiger partial charge in [-0.25, -0.2) is 4.98 Å². The van der Waals surface area contributed by atoms with Gasteiger partial charge in [-0.05, 0) is 42.6 Å². The van der Waals surface area contributed by atoms with Crippen molar-refractivity contribution in [2.75, 3.05) is 12.8 Å². The van der Waals surface area contributed by atoms with Gasteiger partial charge < -0.3 is 11.1 Å². The maximum absolute atomic E-state index is 5.76. The van der Waals surface area contributed by atoms with Gasteiger partial charge in [0.2, 0.25) is 0 Å². The number of nitrogens with one attached hydrogen (secondary N) is 1. The Balaban J connectivity index is 1.98. The number of hydrogen-bond acceptors (Lipinski definition) is 4. The summed E-state index contributed by atoms with van der Waals surface area (Å²) in [6.07, 6.45) is 4.43. The van der Waals surface area contributed by atoms with Gasteiger partial charge in [0.15, 0.2) is 0 Å². The van der Waals surface area contributed by atoms with E-state index in [4.69, 9.17) is 5.73 Å². The van der Waals surface area contributed by atoms with Crippen molar-refractivity contribution >= 4 is 16.6 Å². The highest BCUT2D eigenvalue weighted by atomic mass is 14.9. The number of nitrogens with two attached hydrogens (primary N) is 1. The zero-order valence-electron chi connectivity index (χ0n) is 12.0. The molecule has 0 amide bonds. The minimum atomic E-state index is 0.137. The van der Waals surface area contributed by atoms with Crippen LogP contribution in [0.4, 0.5) is 5.82 Å². The van der Waals surface area contributed by atoms with Gasteiger partial charge in [-0.3, -0.25) is 4.98 Å². The molecule has 2 heterocycles. The van der Waals surface area contributed by atoms with Crippen molar-refractivity contribution in [2.24, 2.45) is 0 Å². The summed E-state index contributed by atoms with van der Waals surface area (Å²) < 4.78 is 0. The molecule has 4 heteroatoms. The molecule has 3 N–H and O–H groups in total. The van der Waals surface area contributed by atoms with Gasteiger partial charge in [-0.2, -0.15) is 0 Å². The van der Waals surface area contributed by atoms with Gasteiger partial charge in [0.05, 0.1) is 11.7 Å². The monoisotopic (exact) mass is 278 g/mol. The third-order valence-electron chi connectivity index (χ3n) is 3.67. The Kier molecular flexibility index (Phi) is 3.79. The first-order valence-corrected chi connectivity index (χ1v) is 6.99. The predicted molar refractivity (Wildman–Crippen MR) is 85.9 cm³/mol. The lowest BCUT2D eigenvalue weighted by atomic mass is 9.99. The summed E-state index contributed by atoms with van der Waals surface area (Å²) >= 11 is 0. The summed E-state index contributed by atoms with van der Waals surface area (Å²) in [7, 11) is 1.96. The molecule has 0 fully saturated rings. The maximum atomic E-state index is 5.76. The van der Waals surface area contributed by atoms with Gasteiger partial charge in [0, 0.05) is 17.8 Å². The first kappa shape index (κ1) is 13.5. The van der Waals surface area contributed by atoms with Crippen molar-refractivity contribution in [3.8, 4) is 0 Å². The fourth-order valence-electron chi connectivity index (χ4n) is 2.61. The van der Waals surface area contributed by atoms with E-state index in [2.05, 4.69) is 27.4 Å². The van der Waals surface area contributed by atoms with Crippen molar-refractivity contribution in [1.29, 1.82) is 0 Å². The second-order valence-corrected chi connectivity index (χ2v) is 5.05. The molecule has 1 atom stereocenters. The van der Waals surface area contributed by atoms with E-state index in [1.54, 1.807) is 6.20 Å². The summed E-state index contributed by atoms with van der Waals surface area (Å²) in [5.41, 5.74) is 7.97. The van der Waals surface area contributed by atoms with Crippen LogP contribution in [0.5, 0.6) is 0 Å². The average molecular weight is 278 g/mol. The fraction of sp³-hybridized carbons (Fsp3) is 0.176. The molecule has 0 aliphatic rings. The van der Waals surface area contributed by atoms with Crippen LogP contribution in [0.2, 0.25) is 0 Å². The van der Waals surface area contributed by atoms with E-state index in [0.717, 1.165) is 17.7 Å². The van der Waals surface area contributed by atoms with Crippen LogP contribution in [0.25, 0.3) is 10.8 Å². The molecule has 0 saturated heterocycles. The SMILES string of the molecule is CNC(Cc1ccnc(N)c1)c1nccc2ccccc12. The number of benzene rings is 1. The van der Waals surface area contributed by atoms with E-state index in [-0.39, 0.29) is 6.04 Å². The molecular weight excluding hydrogens is 260 g/mol. The quantitative estimate of drug-likeness (QED) is 0.770. The van der Waals surface area contributed by atoms with Crippen LogP contribution in [-0.4, -0.2) is 17.0 Å². The molecule has 106 valence electrons. The first-order valence-electron chi connectivity index (χ1n) is 6.99. The van der Waals surface area contributed by atoms with Gasteiger partial charge in [0.1, 0.15) is 5.82 Å². The summed E-state index contributed by atoms with van der Waals surface area (Å²) in [5.74, 6) is 0.549. The molecule has 0 saturated carbocycles. The summed E-state index contributed by atoms with van der Waals surface area (Å²) in [6, 6.07) is 14.4. The van der Waals surface area contributed by atoms with E-state index in [0.29, 0.717) is 5.82 Å². The van der Waals surface area contributed by atoms with Crippen LogP contribution in [0.1, 0.15) is 17.3 Å². The van der Waals surface area contributed by atoms with Crippen LogP contribution < -0.4 is 11.1 Å². The first-order chi connectivity index (χ1) is 10.3. The van der Waals surface area contributed by atoms with Crippen molar-refractivity contribution < 1.29 is 0 Å². The van der Waals surface area contributed by atoms with Crippen molar-refractivity contribution in [3.63, 3.8) is 0 Å². The smallest absolute Gasteiger partial charge is 0.123 e. The Hall–Kier alpha value is -2.46. The Bertz CT molecular complexity index is 749. The van der Waals surface area contributed by atoms with Crippen LogP contribution in [0, 0.1) is 0 Å². The van der Waals surface area contributed by atoms with Gasteiger partial charge >= 0.3 is 0 Å². The molecule has 2 aromatic heterocycles. The molecule has 0 radical (unpaired) electrons. The normalized spacial score (nSPS) is 12.4. The van der Waals surface area contributed by atoms with E-state index in [1.165, 1.54) is 10.8 Å². The van der Waals surface area contributed by atoms with E-state index >= 15 is 0 Å². The number of fused-ring (bicyclic) bond motifs is 1. The highest BCUT2D eigenvalue weighted by Gasteiger charge is 2.14. The molecule has 1 aromatic carbocycles. The van der Waals surface area contributed by atoms with Crippen LogP contribution in [0.3, 0.4) is 0 Å². The lowest BCUT2D eigenvalue weighted by Gasteiger charge is -2.18. The Morgan fingerprint density at radius 2 is 1.90 bits per heavy atom. The predicted octanol–water partition coefficient (Wildman–Crippen LogP) is 2.72. The molecular formula is C17H18N4. The zero-order chi connectivity index (χ0) is 14.7. The molecule has 0 aliphatic heterocycles. The topological polar surface area (TPSA) is 63.8 Å². The van der Waals surface area contributed by atoms with Gasteiger partial charge in [0.25, 0.3) is 0 Å². The minimum absolute atomic E-state index is 0.137. The minimum Gasteiger partial charge on any atom is -0.384 e. The number of pyridine rings is 2. The summed E-state index contributed by atoms with van der Waals surface area (Å²) in [5, 5.41) is 5.74. The molecule has 0 aliphatic carbocycles. The van der Waals surface area contributed by atoms with E-state index in [9.17, 15) is 0 Å². The number of anilines is 1. The highest BCUT2D eigenvalue weighted by molar-refractivity contribution is 5.84. The second-order valence-electron chi connectivity index (χ2n) is 5.05. The molecule has 4 nitrogen and oxygen atoms in total. The van der Waals surface area contributed by atoms with Crippen LogP contribution in [0.15, 0.2) is 54.9 Å². The molecule has 3 rings (SSSR count). The number of likely N-dealkylation sites (N-methyl/N-ethyl adjacent to an activating group) is 1. The van der Waals surface area contributed by atoms with Gasteiger partial charge in [-0.1, -0.05) is 24.3 Å². The number of hydrogen-bond donors (Lipinski definition) is 2. The standard InChI is InChI=1S/C17H18N4/c1-19-15(10-12-6-8-20-16(18)11-12)17-14-5-3-2-4-13(14)7-9-21-17/h2-9,11,15,19H,10H2,1H3,(H2,18,20). The molecule has 21 heavy (non-hydrogen) atoms. The van der Waals surface area contributed by atoms with E-state index < -0.39 is 0 Å². The third-order valence-corrected chi connectivity index (χ3v) is 3.67. The Morgan fingerprint density at radius 1 is 1.10 bits per heavy atom. The second kappa shape index (κ2) is 5.89. The average Bonchev–Trinajstić information content (AvgIpc) is 2.52. The fourth-order valence-corrected chi connectivity index (χ4v) is 2.61. The zero-order valence-corrected chi connectivity index (χ0v) is 12.0. The van der Waals surface area contributed by atoms with Crippen molar-refractivity contribution in [3.05, 3.63) is 66.1 Å². The number of nitrogen functional groups attached to an aromatic ring is 1. The van der Waals surface area contributed by atoms with Crippen LogP contribution >= 0.6 is 0 Å². The highest BCUT2D eigenvalue weighted by Crippen LogP contribution is 2.24. The Labute approximate surface area is 124 Å². The molecule has 1 unspecified atom stereocenters. The summed E-state index contributed by atoms with van der Waals surface area (Å²) in [6.45, 7) is 0. The largest absolute Gasteiger partial charge is 0.384 e. The van der Waals surface area contributed by atoms with Gasteiger partial charge in [-0.15, -0.1) is 0 Å². The molecule has 0 bridgehead atoms. The van der Waals surface area contributed by atoms with Crippen molar-refractivity contribution in [2.45, 2.75) is 12.5 Å². The molecule has 3 aromatic rings. The summed E-state index contributed by atoms with van der Waals surface area (Å²) in [4.78, 5) is 8.62. The number of aromatic nitrogens is 2. The number of nitrogens with zero attached hydrogens (tertiary/aromatic N) is 2. The van der Waals surface area contributed by atoms with Crippen molar-refractivity contribution in [1.82, 2.24) is 15.3 Å².